The molecule has 1 aliphatic carbocycles. The van der Waals surface area contributed by atoms with Gasteiger partial charge in [-0.15, -0.1) is 0 Å². The number of phenols is 1. The summed E-state index contributed by atoms with van der Waals surface area (Å²) in [6, 6.07) is 27.5. The molecule has 0 unspecified atom stereocenters. The number of hydrogen-bond acceptors (Lipinski definition) is 7. The summed E-state index contributed by atoms with van der Waals surface area (Å²) < 4.78 is 12.8. The first-order chi connectivity index (χ1) is 23.8. The van der Waals surface area contributed by atoms with Gasteiger partial charge in [-0.25, -0.2) is 0 Å². The van der Waals surface area contributed by atoms with Crippen molar-refractivity contribution in [2.45, 2.75) is 45.1 Å². The molecule has 0 bridgehead atoms. The first-order valence-electron chi connectivity index (χ1n) is 17.1. The molecule has 49 heavy (non-hydrogen) atoms. The van der Waals surface area contributed by atoms with E-state index in [1.807, 2.05) is 60.7 Å². The molecule has 2 aliphatic heterocycles. The van der Waals surface area contributed by atoms with Crippen molar-refractivity contribution < 1.29 is 34.2 Å². The van der Waals surface area contributed by atoms with Crippen LogP contribution in [0.3, 0.4) is 0 Å². The van der Waals surface area contributed by atoms with Crippen molar-refractivity contribution in [1.29, 1.82) is 0 Å². The number of carbonyl (C=O) groups is 2. The molecule has 3 N–H and O–H groups in total. The SMILES string of the molecule is CCC/C(=C\c1ccc(O)c2ccccc12)CC[C@H]1OC[C@H]2C1=C(COc1ccccc1)C[C@H]1C(=O)N(c3cccc(B(O)O)c3)C(=O)[C@H]12. The number of ether oxygens (including phenoxy) is 2. The number of anilines is 1. The lowest BCUT2D eigenvalue weighted by molar-refractivity contribution is -0.122. The van der Waals surface area contributed by atoms with E-state index in [0.717, 1.165) is 58.9 Å². The van der Waals surface area contributed by atoms with E-state index >= 15 is 0 Å². The Morgan fingerprint density at radius 3 is 2.47 bits per heavy atom. The van der Waals surface area contributed by atoms with Crippen LogP contribution < -0.4 is 15.1 Å². The highest BCUT2D eigenvalue weighted by Crippen LogP contribution is 2.50. The van der Waals surface area contributed by atoms with Gasteiger partial charge in [0, 0.05) is 11.3 Å². The van der Waals surface area contributed by atoms with Crippen molar-refractivity contribution >= 4 is 46.9 Å². The monoisotopic (exact) mass is 657 g/mol. The zero-order chi connectivity index (χ0) is 34.1. The van der Waals surface area contributed by atoms with Crippen molar-refractivity contribution in [3.8, 4) is 11.5 Å². The number of amides is 2. The Kier molecular flexibility index (Phi) is 9.41. The predicted molar refractivity (Wildman–Crippen MR) is 190 cm³/mol. The smallest absolute Gasteiger partial charge is 0.488 e. The Labute approximate surface area is 286 Å². The summed E-state index contributed by atoms with van der Waals surface area (Å²) >= 11 is 0. The maximum atomic E-state index is 14.1. The number of phenolic OH excluding ortho intramolecular Hbond substituents is 1. The molecule has 2 heterocycles. The van der Waals surface area contributed by atoms with E-state index in [4.69, 9.17) is 9.47 Å². The minimum atomic E-state index is -1.71. The van der Waals surface area contributed by atoms with Crippen LogP contribution in [0.15, 0.2) is 108 Å². The minimum absolute atomic E-state index is 0.212. The maximum absolute atomic E-state index is 14.1. The lowest BCUT2D eigenvalue weighted by Gasteiger charge is -2.31. The quantitative estimate of drug-likeness (QED) is 0.106. The van der Waals surface area contributed by atoms with Gasteiger partial charge < -0.3 is 24.6 Å². The van der Waals surface area contributed by atoms with E-state index in [0.29, 0.717) is 25.3 Å². The molecule has 250 valence electrons. The number of rotatable bonds is 11. The molecule has 4 atom stereocenters. The second-order valence-electron chi connectivity index (χ2n) is 13.2. The van der Waals surface area contributed by atoms with E-state index in [1.165, 1.54) is 16.5 Å². The van der Waals surface area contributed by atoms with Crippen molar-refractivity contribution in [2.75, 3.05) is 18.1 Å². The second-order valence-corrected chi connectivity index (χ2v) is 13.2. The Balaban J connectivity index is 1.18. The molecule has 3 aliphatic rings. The number of allylic oxidation sites excluding steroid dienone is 1. The summed E-state index contributed by atoms with van der Waals surface area (Å²) in [6.45, 7) is 2.80. The second kappa shape index (κ2) is 14.0. The number of benzene rings is 4. The van der Waals surface area contributed by atoms with Crippen molar-refractivity contribution in [3.05, 3.63) is 113 Å². The lowest BCUT2D eigenvalue weighted by Crippen LogP contribution is -2.36. The molecule has 4 aromatic rings. The lowest BCUT2D eigenvalue weighted by atomic mass is 9.69. The summed E-state index contributed by atoms with van der Waals surface area (Å²) in [5, 5.41) is 31.7. The molecule has 7 rings (SSSR count). The molecule has 0 spiro atoms. The van der Waals surface area contributed by atoms with Gasteiger partial charge in [0.15, 0.2) is 0 Å². The van der Waals surface area contributed by atoms with Crippen molar-refractivity contribution in [2.24, 2.45) is 17.8 Å². The first kappa shape index (κ1) is 32.8. The van der Waals surface area contributed by atoms with E-state index in [2.05, 4.69) is 13.0 Å². The third-order valence-corrected chi connectivity index (χ3v) is 10.2. The first-order valence-corrected chi connectivity index (χ1v) is 17.1. The molecule has 2 fully saturated rings. The fourth-order valence-corrected chi connectivity index (χ4v) is 7.93. The number of fused-ring (bicyclic) bond motifs is 4. The number of hydrogen-bond donors (Lipinski definition) is 3. The van der Waals surface area contributed by atoms with Crippen LogP contribution in [-0.2, 0) is 14.3 Å². The van der Waals surface area contributed by atoms with Gasteiger partial charge in [-0.1, -0.05) is 85.7 Å². The van der Waals surface area contributed by atoms with Gasteiger partial charge in [0.2, 0.25) is 11.8 Å². The molecule has 0 radical (unpaired) electrons. The average Bonchev–Trinajstić information content (AvgIpc) is 3.65. The van der Waals surface area contributed by atoms with Gasteiger partial charge in [-0.05, 0) is 83.6 Å². The molecule has 8 nitrogen and oxygen atoms in total. The van der Waals surface area contributed by atoms with Gasteiger partial charge in [0.05, 0.1) is 30.2 Å². The van der Waals surface area contributed by atoms with Crippen LogP contribution in [0.25, 0.3) is 16.8 Å². The standard InChI is InChI=1S/C40H40BNO7/c1-2-9-25(20-26-17-18-35(43)32-15-7-6-14-31(26)32)16-19-36-37-27(23-48-30-12-4-3-5-13-30)21-33-38(34(37)24-49-36)40(45)42(39(33)44)29-11-8-10-28(22-29)41(46)47/h3-8,10-15,17-18,20,22,33-34,36,38,43,46-47H,2,9,16,19,21,23-24H2,1H3/b25-20+/t33-,34+,36-,38-/m1/s1. The van der Waals surface area contributed by atoms with Crippen molar-refractivity contribution in [1.82, 2.24) is 0 Å². The fraction of sp³-hybridized carbons (Fsp3) is 0.300. The molecule has 9 heteroatoms. The van der Waals surface area contributed by atoms with Crippen LogP contribution in [0.5, 0.6) is 11.5 Å². The van der Waals surface area contributed by atoms with Crippen LogP contribution in [0, 0.1) is 17.8 Å². The summed E-state index contributed by atoms with van der Waals surface area (Å²) in [5.74, 6) is -0.947. The third-order valence-electron chi connectivity index (χ3n) is 10.2. The van der Waals surface area contributed by atoms with Gasteiger partial charge in [-0.3, -0.25) is 14.5 Å². The Bertz CT molecular complexity index is 1940. The summed E-state index contributed by atoms with van der Waals surface area (Å²) in [4.78, 5) is 29.3. The fourth-order valence-electron chi connectivity index (χ4n) is 7.93. The summed E-state index contributed by atoms with van der Waals surface area (Å²) in [6.07, 6.45) is 5.83. The Hall–Kier alpha value is -4.70. The molecular weight excluding hydrogens is 617 g/mol. The largest absolute Gasteiger partial charge is 0.507 e. The van der Waals surface area contributed by atoms with Gasteiger partial charge in [-0.2, -0.15) is 0 Å². The highest BCUT2D eigenvalue weighted by molar-refractivity contribution is 6.58. The normalized spacial score (nSPS) is 22.1. The van der Waals surface area contributed by atoms with E-state index in [9.17, 15) is 24.7 Å². The van der Waals surface area contributed by atoms with Crippen molar-refractivity contribution in [3.63, 3.8) is 0 Å². The number of carbonyl (C=O) groups excluding carboxylic acids is 2. The topological polar surface area (TPSA) is 117 Å². The highest BCUT2D eigenvalue weighted by atomic mass is 16.5. The number of nitrogens with zero attached hydrogens (tertiary/aromatic N) is 1. The Morgan fingerprint density at radius 1 is 0.918 bits per heavy atom. The van der Waals surface area contributed by atoms with Gasteiger partial charge >= 0.3 is 7.12 Å². The summed E-state index contributed by atoms with van der Waals surface area (Å²) in [7, 11) is -1.71. The molecule has 0 aromatic heterocycles. The highest BCUT2D eigenvalue weighted by Gasteiger charge is 2.57. The number of imide groups is 1. The van der Waals surface area contributed by atoms with Crippen LogP contribution in [0.1, 0.15) is 44.6 Å². The molecule has 0 saturated carbocycles. The molecule has 2 amide bonds. The van der Waals surface area contributed by atoms with Crippen LogP contribution in [-0.4, -0.2) is 53.4 Å². The van der Waals surface area contributed by atoms with E-state index in [1.54, 1.807) is 24.3 Å². The Morgan fingerprint density at radius 2 is 1.69 bits per heavy atom. The minimum Gasteiger partial charge on any atom is -0.507 e. The van der Waals surface area contributed by atoms with E-state index < -0.39 is 19.0 Å². The van der Waals surface area contributed by atoms with Crippen LogP contribution in [0.2, 0.25) is 0 Å². The van der Waals surface area contributed by atoms with Crippen LogP contribution >= 0.6 is 0 Å². The number of aromatic hydroxyl groups is 1. The zero-order valence-corrected chi connectivity index (χ0v) is 27.5. The molecule has 4 aromatic carbocycles. The van der Waals surface area contributed by atoms with Crippen LogP contribution in [0.4, 0.5) is 5.69 Å². The van der Waals surface area contributed by atoms with E-state index in [-0.39, 0.29) is 35.0 Å². The predicted octanol–water partition coefficient (Wildman–Crippen LogP) is 5.79. The maximum Gasteiger partial charge on any atom is 0.488 e. The zero-order valence-electron chi connectivity index (χ0n) is 27.5. The van der Waals surface area contributed by atoms with Gasteiger partial charge in [0.25, 0.3) is 0 Å². The van der Waals surface area contributed by atoms with Gasteiger partial charge in [0.1, 0.15) is 18.1 Å². The molecular formula is C40H40BNO7. The third kappa shape index (κ3) is 6.42. The summed E-state index contributed by atoms with van der Waals surface area (Å²) in [5.41, 5.74) is 4.98. The average molecular weight is 658 g/mol. The number of para-hydroxylation sites is 1. The molecule has 2 saturated heterocycles.